The van der Waals surface area contributed by atoms with Gasteiger partial charge in [-0.3, -0.25) is 4.79 Å². The summed E-state index contributed by atoms with van der Waals surface area (Å²) in [6, 6.07) is 12.0. The van der Waals surface area contributed by atoms with Crippen molar-refractivity contribution in [3.05, 3.63) is 59.4 Å². The van der Waals surface area contributed by atoms with Crippen LogP contribution in [0.5, 0.6) is 11.5 Å². The number of benzene rings is 2. The number of rotatable bonds is 10. The minimum Gasteiger partial charge on any atom is -0.492 e. The predicted octanol–water partition coefficient (Wildman–Crippen LogP) is 3.29. The van der Waals surface area contributed by atoms with E-state index in [4.69, 9.17) is 21.1 Å². The van der Waals surface area contributed by atoms with Crippen molar-refractivity contribution in [3.63, 3.8) is 0 Å². The van der Waals surface area contributed by atoms with Crippen molar-refractivity contribution in [2.75, 3.05) is 13.2 Å². The van der Waals surface area contributed by atoms with Gasteiger partial charge in [0.2, 0.25) is 12.0 Å². The number of amides is 1. The zero-order chi connectivity index (χ0) is 19.6. The standard InChI is InChI=1S/C19H19ClFNO5/c20-15-4-1-2-5-16(15)26-11-3-6-18(23)22-12-17(19(24)25)27-14-9-7-13(21)8-10-14/h1-2,4-5,7-10,17H,3,6,11-12H2,(H,22,23)(H,24,25). The molecule has 2 aromatic rings. The van der Waals surface area contributed by atoms with Crippen LogP contribution in [0, 0.1) is 5.82 Å². The van der Waals surface area contributed by atoms with Gasteiger partial charge < -0.3 is 19.9 Å². The Hall–Kier alpha value is -2.80. The van der Waals surface area contributed by atoms with Gasteiger partial charge in [-0.05, 0) is 42.8 Å². The van der Waals surface area contributed by atoms with E-state index in [1.807, 2.05) is 0 Å². The summed E-state index contributed by atoms with van der Waals surface area (Å²) >= 11 is 5.96. The van der Waals surface area contributed by atoms with Crippen LogP contribution in [-0.2, 0) is 9.59 Å². The molecule has 0 aliphatic carbocycles. The van der Waals surface area contributed by atoms with E-state index >= 15 is 0 Å². The number of nitrogens with one attached hydrogen (secondary N) is 1. The Kier molecular flexibility index (Phi) is 7.88. The Morgan fingerprint density at radius 1 is 1.15 bits per heavy atom. The molecule has 8 heteroatoms. The Balaban J connectivity index is 1.71. The molecule has 27 heavy (non-hydrogen) atoms. The lowest BCUT2D eigenvalue weighted by Gasteiger charge is -2.16. The van der Waals surface area contributed by atoms with Gasteiger partial charge in [0.25, 0.3) is 0 Å². The molecule has 2 N–H and O–H groups in total. The van der Waals surface area contributed by atoms with Gasteiger partial charge in [-0.2, -0.15) is 0 Å². The highest BCUT2D eigenvalue weighted by Crippen LogP contribution is 2.23. The molecule has 144 valence electrons. The van der Waals surface area contributed by atoms with Crippen LogP contribution in [-0.4, -0.2) is 36.2 Å². The van der Waals surface area contributed by atoms with Gasteiger partial charge in [-0.15, -0.1) is 0 Å². The number of aliphatic carboxylic acids is 1. The Labute approximate surface area is 160 Å². The quantitative estimate of drug-likeness (QED) is 0.603. The van der Waals surface area contributed by atoms with E-state index in [0.29, 0.717) is 23.8 Å². The molecule has 0 radical (unpaired) electrons. The summed E-state index contributed by atoms with van der Waals surface area (Å²) in [5.41, 5.74) is 0. The van der Waals surface area contributed by atoms with Gasteiger partial charge in [-0.1, -0.05) is 23.7 Å². The zero-order valence-corrected chi connectivity index (χ0v) is 15.1. The highest BCUT2D eigenvalue weighted by atomic mass is 35.5. The molecule has 0 saturated heterocycles. The molecule has 2 aromatic carbocycles. The van der Waals surface area contributed by atoms with Gasteiger partial charge >= 0.3 is 5.97 Å². The summed E-state index contributed by atoms with van der Waals surface area (Å²) in [5.74, 6) is -1.28. The van der Waals surface area contributed by atoms with Gasteiger partial charge in [0, 0.05) is 6.42 Å². The zero-order valence-electron chi connectivity index (χ0n) is 14.4. The van der Waals surface area contributed by atoms with Crippen molar-refractivity contribution in [1.82, 2.24) is 5.32 Å². The van der Waals surface area contributed by atoms with Crippen molar-refractivity contribution in [1.29, 1.82) is 0 Å². The third-order valence-electron chi connectivity index (χ3n) is 3.49. The first kappa shape index (κ1) is 20.5. The van der Waals surface area contributed by atoms with Crippen LogP contribution in [0.4, 0.5) is 4.39 Å². The highest BCUT2D eigenvalue weighted by Gasteiger charge is 2.20. The number of halogens is 2. The molecule has 6 nitrogen and oxygen atoms in total. The molecule has 0 aliphatic rings. The number of carbonyl (C=O) groups is 2. The molecule has 0 heterocycles. The van der Waals surface area contributed by atoms with Crippen molar-refractivity contribution < 1.29 is 28.6 Å². The van der Waals surface area contributed by atoms with Gasteiger partial charge in [0.15, 0.2) is 0 Å². The summed E-state index contributed by atoms with van der Waals surface area (Å²) in [4.78, 5) is 23.1. The minimum absolute atomic E-state index is 0.160. The van der Waals surface area contributed by atoms with E-state index in [1.165, 1.54) is 12.1 Å². The minimum atomic E-state index is -1.28. The van der Waals surface area contributed by atoms with E-state index in [1.54, 1.807) is 24.3 Å². The van der Waals surface area contributed by atoms with E-state index in [0.717, 1.165) is 12.1 Å². The molecule has 0 saturated carbocycles. The predicted molar refractivity (Wildman–Crippen MR) is 97.6 cm³/mol. The van der Waals surface area contributed by atoms with E-state index < -0.39 is 17.9 Å². The van der Waals surface area contributed by atoms with Crippen molar-refractivity contribution in [3.8, 4) is 11.5 Å². The maximum Gasteiger partial charge on any atom is 0.346 e. The Morgan fingerprint density at radius 2 is 1.85 bits per heavy atom. The largest absolute Gasteiger partial charge is 0.492 e. The van der Waals surface area contributed by atoms with Crippen LogP contribution in [0.3, 0.4) is 0 Å². The topological polar surface area (TPSA) is 84.9 Å². The molecule has 0 bridgehead atoms. The van der Waals surface area contributed by atoms with Gasteiger partial charge in [0.05, 0.1) is 18.2 Å². The summed E-state index contributed by atoms with van der Waals surface area (Å²) in [7, 11) is 0. The van der Waals surface area contributed by atoms with Gasteiger partial charge in [0.1, 0.15) is 17.3 Å². The van der Waals surface area contributed by atoms with Crippen LogP contribution >= 0.6 is 11.6 Å². The Morgan fingerprint density at radius 3 is 2.52 bits per heavy atom. The number of carboxylic acid groups (broad SMARTS) is 1. The van der Waals surface area contributed by atoms with E-state index in [-0.39, 0.29) is 24.6 Å². The fraction of sp³-hybridized carbons (Fsp3) is 0.263. The highest BCUT2D eigenvalue weighted by molar-refractivity contribution is 6.32. The van der Waals surface area contributed by atoms with Crippen LogP contribution < -0.4 is 14.8 Å². The first-order chi connectivity index (χ1) is 13.0. The summed E-state index contributed by atoms with van der Waals surface area (Å²) in [5, 5.41) is 12.2. The first-order valence-electron chi connectivity index (χ1n) is 8.25. The number of hydrogen-bond acceptors (Lipinski definition) is 4. The average Bonchev–Trinajstić information content (AvgIpc) is 2.65. The molecule has 0 aromatic heterocycles. The van der Waals surface area contributed by atoms with Crippen molar-refractivity contribution in [2.24, 2.45) is 0 Å². The second kappa shape index (κ2) is 10.4. The second-order valence-corrected chi connectivity index (χ2v) is 5.99. The molecular formula is C19H19ClFNO5. The van der Waals surface area contributed by atoms with Crippen molar-refractivity contribution >= 4 is 23.5 Å². The maximum atomic E-state index is 12.9. The lowest BCUT2D eigenvalue weighted by atomic mass is 10.2. The monoisotopic (exact) mass is 395 g/mol. The van der Waals surface area contributed by atoms with E-state index in [2.05, 4.69) is 5.32 Å². The van der Waals surface area contributed by atoms with E-state index in [9.17, 15) is 19.1 Å². The molecule has 1 amide bonds. The lowest BCUT2D eigenvalue weighted by Crippen LogP contribution is -2.40. The molecular weight excluding hydrogens is 377 g/mol. The molecule has 2 rings (SSSR count). The smallest absolute Gasteiger partial charge is 0.346 e. The molecule has 0 fully saturated rings. The number of carboxylic acids is 1. The van der Waals surface area contributed by atoms with Gasteiger partial charge in [-0.25, -0.2) is 9.18 Å². The number of para-hydroxylation sites is 1. The molecule has 0 aliphatic heterocycles. The third kappa shape index (κ3) is 7.15. The number of ether oxygens (including phenoxy) is 2. The first-order valence-corrected chi connectivity index (χ1v) is 8.62. The SMILES string of the molecule is O=C(CCCOc1ccccc1Cl)NCC(Oc1ccc(F)cc1)C(=O)O. The molecule has 1 unspecified atom stereocenters. The number of hydrogen-bond donors (Lipinski definition) is 2. The summed E-state index contributed by atoms with van der Waals surface area (Å²) in [6.45, 7) is 0.0858. The summed E-state index contributed by atoms with van der Waals surface area (Å²) in [6.07, 6.45) is -0.681. The lowest BCUT2D eigenvalue weighted by molar-refractivity contribution is -0.145. The summed E-state index contributed by atoms with van der Waals surface area (Å²) < 4.78 is 23.6. The fourth-order valence-corrected chi connectivity index (χ4v) is 2.32. The van der Waals surface area contributed by atoms with Crippen LogP contribution in [0.15, 0.2) is 48.5 Å². The second-order valence-electron chi connectivity index (χ2n) is 5.59. The number of carbonyl (C=O) groups excluding carboxylic acids is 1. The molecule has 0 spiro atoms. The maximum absolute atomic E-state index is 12.9. The normalized spacial score (nSPS) is 11.5. The van der Waals surface area contributed by atoms with Crippen LogP contribution in [0.2, 0.25) is 5.02 Å². The third-order valence-corrected chi connectivity index (χ3v) is 3.81. The molecule has 1 atom stereocenters. The van der Waals surface area contributed by atoms with Crippen LogP contribution in [0.25, 0.3) is 0 Å². The Bertz CT molecular complexity index is 769. The van der Waals surface area contributed by atoms with Crippen molar-refractivity contribution in [2.45, 2.75) is 18.9 Å². The average molecular weight is 396 g/mol. The fourth-order valence-electron chi connectivity index (χ4n) is 2.13. The van der Waals surface area contributed by atoms with Crippen LogP contribution in [0.1, 0.15) is 12.8 Å².